The SMILES string of the molecule is Cn1ncc2c1Nc1cc(Cl)ccc1N(C(=O)c1ccc(OCCCN3CCN(CCC(C)(C)C)CC3)cc1Cl)C2. The van der Waals surface area contributed by atoms with Crippen molar-refractivity contribution in [3.63, 3.8) is 0 Å². The molecule has 3 aromatic rings. The van der Waals surface area contributed by atoms with Crippen molar-refractivity contribution >= 4 is 46.3 Å². The lowest BCUT2D eigenvalue weighted by Gasteiger charge is -2.35. The maximum atomic E-state index is 13.8. The van der Waals surface area contributed by atoms with Crippen LogP contribution in [0.2, 0.25) is 10.0 Å². The molecule has 0 radical (unpaired) electrons. The van der Waals surface area contributed by atoms with E-state index in [-0.39, 0.29) is 5.91 Å². The number of nitrogens with one attached hydrogen (secondary N) is 1. The normalized spacial score (nSPS) is 16.1. The lowest BCUT2D eigenvalue weighted by atomic mass is 9.92. The first-order valence-corrected chi connectivity index (χ1v) is 15.1. The summed E-state index contributed by atoms with van der Waals surface area (Å²) < 4.78 is 7.76. The van der Waals surface area contributed by atoms with Crippen molar-refractivity contribution in [2.45, 2.75) is 40.2 Å². The molecule has 220 valence electrons. The second-order valence-electron chi connectivity index (χ2n) is 12.2. The number of benzene rings is 2. The molecule has 5 rings (SSSR count). The lowest BCUT2D eigenvalue weighted by Crippen LogP contribution is -2.47. The van der Waals surface area contributed by atoms with E-state index < -0.39 is 0 Å². The molecule has 8 nitrogen and oxygen atoms in total. The molecule has 2 aromatic carbocycles. The van der Waals surface area contributed by atoms with Gasteiger partial charge in [0.05, 0.1) is 41.3 Å². The Kier molecular flexibility index (Phi) is 9.14. The summed E-state index contributed by atoms with van der Waals surface area (Å²) in [4.78, 5) is 20.6. The topological polar surface area (TPSA) is 65.9 Å². The Labute approximate surface area is 253 Å². The van der Waals surface area contributed by atoms with Gasteiger partial charge in [-0.3, -0.25) is 9.48 Å². The summed E-state index contributed by atoms with van der Waals surface area (Å²) in [5.41, 5.74) is 3.15. The van der Waals surface area contributed by atoms with Crippen molar-refractivity contribution in [3.05, 3.63) is 63.8 Å². The third-order valence-corrected chi connectivity index (χ3v) is 8.34. The highest BCUT2D eigenvalue weighted by atomic mass is 35.5. The first-order chi connectivity index (χ1) is 19.6. The molecule has 0 spiro atoms. The number of nitrogens with zero attached hydrogens (tertiary/aromatic N) is 5. The molecule has 0 aliphatic carbocycles. The van der Waals surface area contributed by atoms with Crippen molar-refractivity contribution in [1.82, 2.24) is 19.6 Å². The molecule has 1 saturated heterocycles. The Bertz CT molecular complexity index is 1380. The van der Waals surface area contributed by atoms with Gasteiger partial charge < -0.3 is 24.8 Å². The summed E-state index contributed by atoms with van der Waals surface area (Å²) in [5, 5.41) is 8.67. The van der Waals surface area contributed by atoms with Gasteiger partial charge in [0.2, 0.25) is 0 Å². The zero-order valence-electron chi connectivity index (χ0n) is 24.4. The number of piperazine rings is 1. The highest BCUT2D eigenvalue weighted by molar-refractivity contribution is 6.35. The molecular weight excluding hydrogens is 559 g/mol. The molecular formula is C31H40Cl2N6O2. The van der Waals surface area contributed by atoms with Crippen LogP contribution in [0.3, 0.4) is 0 Å². The molecule has 41 heavy (non-hydrogen) atoms. The molecule has 2 aliphatic rings. The summed E-state index contributed by atoms with van der Waals surface area (Å²) >= 11 is 12.9. The van der Waals surface area contributed by atoms with Gasteiger partial charge in [-0.25, -0.2) is 0 Å². The zero-order chi connectivity index (χ0) is 29.1. The van der Waals surface area contributed by atoms with E-state index in [1.54, 1.807) is 34.0 Å². The van der Waals surface area contributed by atoms with Crippen molar-refractivity contribution in [2.75, 3.05) is 56.1 Å². The van der Waals surface area contributed by atoms with Gasteiger partial charge in [-0.1, -0.05) is 44.0 Å². The van der Waals surface area contributed by atoms with Crippen LogP contribution in [0, 0.1) is 5.41 Å². The number of carbonyl (C=O) groups excluding carboxylic acids is 1. The van der Waals surface area contributed by atoms with Gasteiger partial charge in [0, 0.05) is 50.4 Å². The highest BCUT2D eigenvalue weighted by Gasteiger charge is 2.28. The van der Waals surface area contributed by atoms with Crippen LogP contribution in [0.1, 0.15) is 49.5 Å². The van der Waals surface area contributed by atoms with Crippen LogP contribution in [0.25, 0.3) is 0 Å². The third-order valence-electron chi connectivity index (χ3n) is 7.79. The molecule has 3 heterocycles. The molecule has 1 N–H and O–H groups in total. The molecule has 0 saturated carbocycles. The zero-order valence-corrected chi connectivity index (χ0v) is 25.9. The maximum Gasteiger partial charge on any atom is 0.260 e. The Morgan fingerprint density at radius 2 is 1.76 bits per heavy atom. The minimum Gasteiger partial charge on any atom is -0.493 e. The number of hydrogen-bond acceptors (Lipinski definition) is 6. The van der Waals surface area contributed by atoms with Crippen LogP contribution in [-0.4, -0.2) is 71.4 Å². The van der Waals surface area contributed by atoms with E-state index >= 15 is 0 Å². The molecule has 0 bridgehead atoms. The fourth-order valence-electron chi connectivity index (χ4n) is 5.28. The summed E-state index contributed by atoms with van der Waals surface area (Å²) in [5.74, 6) is 1.28. The van der Waals surface area contributed by atoms with E-state index in [1.807, 2.05) is 25.2 Å². The number of anilines is 3. The summed E-state index contributed by atoms with van der Waals surface area (Å²) in [6, 6.07) is 10.7. The number of ether oxygens (including phenoxy) is 1. The summed E-state index contributed by atoms with van der Waals surface area (Å²) in [7, 11) is 1.86. The van der Waals surface area contributed by atoms with Crippen LogP contribution in [0.15, 0.2) is 42.6 Å². The van der Waals surface area contributed by atoms with E-state index in [9.17, 15) is 4.79 Å². The number of rotatable bonds is 8. The first-order valence-electron chi connectivity index (χ1n) is 14.3. The Balaban J connectivity index is 1.16. The number of amides is 1. The second kappa shape index (κ2) is 12.6. The van der Waals surface area contributed by atoms with Crippen molar-refractivity contribution in [2.24, 2.45) is 12.5 Å². The highest BCUT2D eigenvalue weighted by Crippen LogP contribution is 2.38. The number of hydrogen-bond donors (Lipinski definition) is 1. The predicted octanol–water partition coefficient (Wildman–Crippen LogP) is 6.45. The Morgan fingerprint density at radius 3 is 2.46 bits per heavy atom. The standard InChI is InChI=1S/C31H40Cl2N6O2/c1-31(2,3)10-12-38-15-13-37(14-16-38)11-5-17-41-24-7-8-25(26(33)19-24)30(40)39-21-22-20-34-36(4)29(22)35-27-18-23(32)6-9-28(27)39/h6-9,18-20,35H,5,10-17,21H2,1-4H3. The van der Waals surface area contributed by atoms with Gasteiger partial charge in [-0.2, -0.15) is 5.10 Å². The smallest absolute Gasteiger partial charge is 0.260 e. The quantitative estimate of drug-likeness (QED) is 0.300. The summed E-state index contributed by atoms with van der Waals surface area (Å²) in [6.45, 7) is 14.5. The van der Waals surface area contributed by atoms with Crippen LogP contribution in [0.5, 0.6) is 5.75 Å². The monoisotopic (exact) mass is 598 g/mol. The third kappa shape index (κ3) is 7.36. The second-order valence-corrected chi connectivity index (χ2v) is 13.0. The van der Waals surface area contributed by atoms with Gasteiger partial charge in [-0.05, 0) is 61.2 Å². The molecule has 1 aromatic heterocycles. The number of fused-ring (bicyclic) bond motifs is 2. The van der Waals surface area contributed by atoms with E-state index in [4.69, 9.17) is 27.9 Å². The first kappa shape index (κ1) is 29.7. The molecule has 10 heteroatoms. The number of aryl methyl sites for hydroxylation is 1. The number of halogens is 2. The largest absolute Gasteiger partial charge is 0.493 e. The van der Waals surface area contributed by atoms with Gasteiger partial charge in [0.15, 0.2) is 0 Å². The number of aromatic nitrogens is 2. The van der Waals surface area contributed by atoms with E-state index in [1.165, 1.54) is 13.0 Å². The average molecular weight is 600 g/mol. The van der Waals surface area contributed by atoms with Gasteiger partial charge >= 0.3 is 0 Å². The van der Waals surface area contributed by atoms with Crippen LogP contribution in [0.4, 0.5) is 17.2 Å². The van der Waals surface area contributed by atoms with E-state index in [0.29, 0.717) is 39.9 Å². The lowest BCUT2D eigenvalue weighted by molar-refractivity contribution is 0.0985. The van der Waals surface area contributed by atoms with Crippen LogP contribution < -0.4 is 15.0 Å². The van der Waals surface area contributed by atoms with Crippen molar-refractivity contribution in [1.29, 1.82) is 0 Å². The average Bonchev–Trinajstić information content (AvgIpc) is 3.18. The minimum absolute atomic E-state index is 0.203. The van der Waals surface area contributed by atoms with Crippen LogP contribution in [-0.2, 0) is 13.6 Å². The predicted molar refractivity (Wildman–Crippen MR) is 167 cm³/mol. The van der Waals surface area contributed by atoms with Crippen LogP contribution >= 0.6 is 23.2 Å². The Hall–Kier alpha value is -2.78. The Morgan fingerprint density at radius 1 is 1.02 bits per heavy atom. The molecule has 0 atom stereocenters. The fourth-order valence-corrected chi connectivity index (χ4v) is 5.70. The maximum absolute atomic E-state index is 13.8. The van der Waals surface area contributed by atoms with Gasteiger partial charge in [0.1, 0.15) is 11.6 Å². The molecule has 1 amide bonds. The van der Waals surface area contributed by atoms with E-state index in [2.05, 4.69) is 41.0 Å². The van der Waals surface area contributed by atoms with Crippen molar-refractivity contribution in [3.8, 4) is 5.75 Å². The molecule has 1 fully saturated rings. The summed E-state index contributed by atoms with van der Waals surface area (Å²) in [6.07, 6.45) is 3.94. The van der Waals surface area contributed by atoms with Gasteiger partial charge in [0.25, 0.3) is 5.91 Å². The van der Waals surface area contributed by atoms with Crippen molar-refractivity contribution < 1.29 is 9.53 Å². The number of carbonyl (C=O) groups is 1. The molecule has 2 aliphatic heterocycles. The fraction of sp³-hybridized carbons (Fsp3) is 0.484. The minimum atomic E-state index is -0.203. The van der Waals surface area contributed by atoms with E-state index in [0.717, 1.165) is 61.9 Å². The van der Waals surface area contributed by atoms with Gasteiger partial charge in [-0.15, -0.1) is 0 Å². The molecule has 0 unspecified atom stereocenters.